The van der Waals surface area contributed by atoms with Crippen molar-refractivity contribution in [3.63, 3.8) is 0 Å². The Bertz CT molecular complexity index is 525. The average molecular weight is 266 g/mol. The molecule has 0 radical (unpaired) electrons. The minimum atomic E-state index is -0.385. The molecule has 2 rings (SSSR count). The van der Waals surface area contributed by atoms with E-state index in [1.54, 1.807) is 18.5 Å². The van der Waals surface area contributed by atoms with Crippen LogP contribution in [0.5, 0.6) is 0 Å². The van der Waals surface area contributed by atoms with E-state index in [1.807, 2.05) is 0 Å². The van der Waals surface area contributed by atoms with Gasteiger partial charge in [0.05, 0.1) is 0 Å². The van der Waals surface area contributed by atoms with E-state index in [1.165, 1.54) is 12.1 Å². The Morgan fingerprint density at radius 2 is 2.00 bits per heavy atom. The van der Waals surface area contributed by atoms with Crippen molar-refractivity contribution in [3.8, 4) is 11.3 Å². The van der Waals surface area contributed by atoms with Gasteiger partial charge in [0.1, 0.15) is 11.5 Å². The molecule has 2 aromatic rings. The third-order valence-electron chi connectivity index (χ3n) is 2.38. The molecule has 5 heteroatoms. The molecule has 3 nitrogen and oxygen atoms in total. The highest BCUT2D eigenvalue weighted by Crippen LogP contribution is 2.27. The van der Waals surface area contributed by atoms with Gasteiger partial charge in [-0.2, -0.15) is 0 Å². The van der Waals surface area contributed by atoms with E-state index in [4.69, 9.17) is 11.6 Å². The molecule has 0 bridgehead atoms. The molecule has 0 saturated carbocycles. The molecule has 0 amide bonds. The van der Waals surface area contributed by atoms with E-state index in [-0.39, 0.29) is 5.82 Å². The average Bonchev–Trinajstić information content (AvgIpc) is 2.35. The minimum absolute atomic E-state index is 0.345. The first-order valence-electron chi connectivity index (χ1n) is 5.72. The molecule has 0 aliphatic rings. The first-order valence-corrected chi connectivity index (χ1v) is 6.10. The molecule has 1 heterocycles. The zero-order valence-corrected chi connectivity index (χ0v) is 10.7. The van der Waals surface area contributed by atoms with E-state index >= 15 is 0 Å². The molecule has 0 saturated heterocycles. The largest absolute Gasteiger partial charge is 0.368 e. The zero-order valence-electron chi connectivity index (χ0n) is 9.95. The second kappa shape index (κ2) is 5.78. The standard InChI is InChI=1S/C13H13ClFN3/c1-2-3-17-13-12(16-4-5-18-13)9-6-10(14)8-11(15)7-9/h4-8H,2-3H2,1H3,(H,17,18). The minimum Gasteiger partial charge on any atom is -0.368 e. The second-order valence-electron chi connectivity index (χ2n) is 3.84. The Morgan fingerprint density at radius 3 is 2.72 bits per heavy atom. The molecule has 0 aliphatic heterocycles. The molecule has 0 fully saturated rings. The van der Waals surface area contributed by atoms with Gasteiger partial charge in [0, 0.05) is 29.5 Å². The van der Waals surface area contributed by atoms with Gasteiger partial charge < -0.3 is 5.32 Å². The normalized spacial score (nSPS) is 10.4. The third-order valence-corrected chi connectivity index (χ3v) is 2.59. The molecular formula is C13H13ClFN3. The molecular weight excluding hydrogens is 253 g/mol. The van der Waals surface area contributed by atoms with Crippen LogP contribution in [0.15, 0.2) is 30.6 Å². The Labute approximate surface area is 110 Å². The first-order chi connectivity index (χ1) is 8.70. The van der Waals surface area contributed by atoms with E-state index < -0.39 is 0 Å². The summed E-state index contributed by atoms with van der Waals surface area (Å²) < 4.78 is 13.3. The fourth-order valence-electron chi connectivity index (χ4n) is 1.61. The summed E-state index contributed by atoms with van der Waals surface area (Å²) in [7, 11) is 0. The topological polar surface area (TPSA) is 37.8 Å². The number of halogens is 2. The SMILES string of the molecule is CCCNc1nccnc1-c1cc(F)cc(Cl)c1. The maximum atomic E-state index is 13.3. The van der Waals surface area contributed by atoms with E-state index in [2.05, 4.69) is 22.2 Å². The van der Waals surface area contributed by atoms with Crippen LogP contribution < -0.4 is 5.32 Å². The predicted molar refractivity (Wildman–Crippen MR) is 71.2 cm³/mol. The van der Waals surface area contributed by atoms with Gasteiger partial charge in [0.25, 0.3) is 0 Å². The van der Waals surface area contributed by atoms with Crippen molar-refractivity contribution in [2.24, 2.45) is 0 Å². The summed E-state index contributed by atoms with van der Waals surface area (Å²) in [6.45, 7) is 2.84. The molecule has 1 aromatic carbocycles. The predicted octanol–water partition coefficient (Wildman–Crippen LogP) is 3.76. The van der Waals surface area contributed by atoms with Crippen molar-refractivity contribution >= 4 is 17.4 Å². The fourth-order valence-corrected chi connectivity index (χ4v) is 1.83. The van der Waals surface area contributed by atoms with Crippen molar-refractivity contribution in [2.75, 3.05) is 11.9 Å². The summed E-state index contributed by atoms with van der Waals surface area (Å²) in [5.41, 5.74) is 1.22. The second-order valence-corrected chi connectivity index (χ2v) is 4.27. The van der Waals surface area contributed by atoms with Crippen molar-refractivity contribution in [1.82, 2.24) is 9.97 Å². The van der Waals surface area contributed by atoms with Crippen molar-refractivity contribution < 1.29 is 4.39 Å². The lowest BCUT2D eigenvalue weighted by atomic mass is 10.1. The van der Waals surface area contributed by atoms with Crippen LogP contribution >= 0.6 is 11.6 Å². The summed E-state index contributed by atoms with van der Waals surface area (Å²) in [4.78, 5) is 8.45. The highest BCUT2D eigenvalue weighted by molar-refractivity contribution is 6.30. The quantitative estimate of drug-likeness (QED) is 0.915. The van der Waals surface area contributed by atoms with Gasteiger partial charge in [0.15, 0.2) is 5.82 Å². The van der Waals surface area contributed by atoms with Gasteiger partial charge in [-0.05, 0) is 24.6 Å². The zero-order chi connectivity index (χ0) is 13.0. The van der Waals surface area contributed by atoms with Crippen LogP contribution in [0.25, 0.3) is 11.3 Å². The maximum absolute atomic E-state index is 13.3. The summed E-state index contributed by atoms with van der Waals surface area (Å²) >= 11 is 5.85. The molecule has 0 aliphatic carbocycles. The lowest BCUT2D eigenvalue weighted by Crippen LogP contribution is -2.04. The monoisotopic (exact) mass is 265 g/mol. The van der Waals surface area contributed by atoms with Crippen molar-refractivity contribution in [3.05, 3.63) is 41.4 Å². The number of hydrogen-bond donors (Lipinski definition) is 1. The van der Waals surface area contributed by atoms with Crippen LogP contribution in [-0.4, -0.2) is 16.5 Å². The highest BCUT2D eigenvalue weighted by atomic mass is 35.5. The van der Waals surface area contributed by atoms with Crippen LogP contribution in [-0.2, 0) is 0 Å². The molecule has 1 N–H and O–H groups in total. The number of anilines is 1. The van der Waals surface area contributed by atoms with Crippen LogP contribution in [0.1, 0.15) is 13.3 Å². The van der Waals surface area contributed by atoms with E-state index in [9.17, 15) is 4.39 Å². The number of nitrogens with zero attached hydrogens (tertiary/aromatic N) is 2. The van der Waals surface area contributed by atoms with Crippen molar-refractivity contribution in [2.45, 2.75) is 13.3 Å². The lowest BCUT2D eigenvalue weighted by molar-refractivity contribution is 0.628. The van der Waals surface area contributed by atoms with Gasteiger partial charge in [0.2, 0.25) is 0 Å². The van der Waals surface area contributed by atoms with Gasteiger partial charge in [-0.3, -0.25) is 4.98 Å². The Hall–Kier alpha value is -1.68. The number of aromatic nitrogens is 2. The smallest absolute Gasteiger partial charge is 0.152 e. The highest BCUT2D eigenvalue weighted by Gasteiger charge is 2.09. The van der Waals surface area contributed by atoms with Gasteiger partial charge >= 0.3 is 0 Å². The van der Waals surface area contributed by atoms with Gasteiger partial charge in [-0.15, -0.1) is 0 Å². The molecule has 1 aromatic heterocycles. The summed E-state index contributed by atoms with van der Waals surface area (Å²) in [6, 6.07) is 4.33. The number of rotatable bonds is 4. The summed E-state index contributed by atoms with van der Waals surface area (Å²) in [5.74, 6) is 0.255. The van der Waals surface area contributed by atoms with Crippen LogP contribution in [0.3, 0.4) is 0 Å². The lowest BCUT2D eigenvalue weighted by Gasteiger charge is -2.09. The molecule has 0 spiro atoms. The molecule has 0 unspecified atom stereocenters. The molecule has 94 valence electrons. The van der Waals surface area contributed by atoms with Crippen molar-refractivity contribution in [1.29, 1.82) is 0 Å². The number of benzene rings is 1. The van der Waals surface area contributed by atoms with E-state index in [0.29, 0.717) is 22.1 Å². The van der Waals surface area contributed by atoms with Crippen LogP contribution in [0, 0.1) is 5.82 Å². The Morgan fingerprint density at radius 1 is 1.22 bits per heavy atom. The number of hydrogen-bond acceptors (Lipinski definition) is 3. The Balaban J connectivity index is 2.42. The maximum Gasteiger partial charge on any atom is 0.152 e. The Kier molecular flexibility index (Phi) is 4.10. The molecule has 18 heavy (non-hydrogen) atoms. The van der Waals surface area contributed by atoms with Crippen LogP contribution in [0.2, 0.25) is 5.02 Å². The summed E-state index contributed by atoms with van der Waals surface area (Å²) in [5, 5.41) is 3.51. The van der Waals surface area contributed by atoms with E-state index in [0.717, 1.165) is 13.0 Å². The number of nitrogens with one attached hydrogen (secondary N) is 1. The first kappa shape index (κ1) is 12.8. The fraction of sp³-hybridized carbons (Fsp3) is 0.231. The summed E-state index contributed by atoms with van der Waals surface area (Å²) in [6.07, 6.45) is 4.15. The molecule has 0 atom stereocenters. The van der Waals surface area contributed by atoms with Crippen LogP contribution in [0.4, 0.5) is 10.2 Å². The van der Waals surface area contributed by atoms with Gasteiger partial charge in [-0.25, -0.2) is 9.37 Å². The van der Waals surface area contributed by atoms with Gasteiger partial charge in [-0.1, -0.05) is 18.5 Å². The third kappa shape index (κ3) is 2.96.